The summed E-state index contributed by atoms with van der Waals surface area (Å²) in [6.07, 6.45) is 0. The van der Waals surface area contributed by atoms with Gasteiger partial charge >= 0.3 is 53.6 Å². The van der Waals surface area contributed by atoms with Crippen LogP contribution >= 0.6 is 0 Å². The van der Waals surface area contributed by atoms with Crippen molar-refractivity contribution in [2.24, 2.45) is 0 Å². The zero-order valence-corrected chi connectivity index (χ0v) is 19.9. The van der Waals surface area contributed by atoms with Crippen LogP contribution in [0.2, 0.25) is 19.6 Å². The number of fused-ring (bicyclic) bond motifs is 1. The summed E-state index contributed by atoms with van der Waals surface area (Å²) in [6, 6.07) is 0. The predicted molar refractivity (Wildman–Crippen MR) is 82.9 cm³/mol. The normalized spacial score (nSPS) is 59.2. The van der Waals surface area contributed by atoms with Crippen molar-refractivity contribution in [2.75, 3.05) is 21.3 Å². The fourth-order valence-corrected chi connectivity index (χ4v) is 30.4. The second kappa shape index (κ2) is 5.21. The minimum atomic E-state index is -3.79. The summed E-state index contributed by atoms with van der Waals surface area (Å²) >= 11 is 0. The second-order valence-electron chi connectivity index (χ2n) is 5.62. The van der Waals surface area contributed by atoms with Crippen LogP contribution in [0.1, 0.15) is 0 Å². The summed E-state index contributed by atoms with van der Waals surface area (Å²) in [5, 5.41) is 0. The summed E-state index contributed by atoms with van der Waals surface area (Å²) in [7, 11) is -16.2. The molecule has 0 amide bonds. The van der Waals surface area contributed by atoms with Crippen molar-refractivity contribution in [3.63, 3.8) is 0 Å². The SMILES string of the molecule is CO[Si]1(C)O[Si]2(OC)O[Si]3(C)O[Si]4(OC)O[Si](C)(O4)O[Si](O1)(O3)O2. The van der Waals surface area contributed by atoms with Crippen LogP contribution in [0.3, 0.4) is 0 Å². The zero-order chi connectivity index (χ0) is 17.5. The van der Waals surface area contributed by atoms with Crippen LogP contribution < -0.4 is 0 Å². The highest BCUT2D eigenvalue weighted by molar-refractivity contribution is 7.00. The van der Waals surface area contributed by atoms with E-state index in [1.807, 2.05) is 0 Å². The first-order chi connectivity index (χ1) is 11.0. The molecule has 0 N–H and O–H groups in total. The Balaban J connectivity index is 1.78. The first kappa shape index (κ1) is 18.2. The van der Waals surface area contributed by atoms with E-state index in [9.17, 15) is 0 Å². The molecule has 1 spiro atoms. The maximum Gasteiger partial charge on any atom is 0.658 e. The molecule has 5 heterocycles. The standard InChI is InChI=1S/C6H18O12Si6/c1-7-19(4)10-23(9-3)15-21(6)14-22(8-2)12-20(5,13-22)16-24(11-19,17-21)18-23/h1-6H3. The van der Waals surface area contributed by atoms with Gasteiger partial charge in [-0.2, -0.15) is 0 Å². The smallest absolute Gasteiger partial charge is 0.378 e. The molecule has 24 heavy (non-hydrogen) atoms. The van der Waals surface area contributed by atoms with Gasteiger partial charge < -0.3 is 50.3 Å². The fraction of sp³-hybridized carbons (Fsp3) is 1.00. The molecule has 5 fully saturated rings. The molecule has 5 saturated heterocycles. The maximum atomic E-state index is 6.02. The Labute approximate surface area is 145 Å². The molecular formula is C6H18O12Si6. The lowest BCUT2D eigenvalue weighted by Gasteiger charge is -2.59. The Morgan fingerprint density at radius 1 is 0.500 bits per heavy atom. The third-order valence-electron chi connectivity index (χ3n) is 3.60. The first-order valence-electron chi connectivity index (χ1n) is 7.01. The highest BCUT2D eigenvalue weighted by atomic mass is 28.6. The fourth-order valence-electron chi connectivity index (χ4n) is 2.66. The van der Waals surface area contributed by atoms with Gasteiger partial charge in [-0.1, -0.05) is 0 Å². The van der Waals surface area contributed by atoms with Gasteiger partial charge in [-0.15, -0.1) is 0 Å². The second-order valence-corrected chi connectivity index (χ2v) is 22.4. The number of rotatable bonds is 3. The molecule has 12 nitrogen and oxygen atoms in total. The van der Waals surface area contributed by atoms with Gasteiger partial charge in [0.05, 0.1) is 0 Å². The molecular weight excluding hydrogens is 433 g/mol. The van der Waals surface area contributed by atoms with Gasteiger partial charge in [0, 0.05) is 41.0 Å². The van der Waals surface area contributed by atoms with Crippen LogP contribution in [0.5, 0.6) is 0 Å². The van der Waals surface area contributed by atoms with E-state index >= 15 is 0 Å². The monoisotopic (exact) mass is 450 g/mol. The minimum absolute atomic E-state index is 1.42. The van der Waals surface area contributed by atoms with Gasteiger partial charge in [-0.3, -0.25) is 0 Å². The predicted octanol–water partition coefficient (Wildman–Crippen LogP) is -0.858. The highest BCUT2D eigenvalue weighted by Crippen LogP contribution is 2.48. The first-order valence-corrected chi connectivity index (χ1v) is 18.6. The van der Waals surface area contributed by atoms with Crippen LogP contribution in [-0.4, -0.2) is 74.9 Å². The van der Waals surface area contributed by atoms with Crippen molar-refractivity contribution in [1.29, 1.82) is 0 Å². The topological polar surface area (TPSA) is 111 Å². The number of hydrogen-bond donors (Lipinski definition) is 0. The highest BCUT2D eigenvalue weighted by Gasteiger charge is 2.85. The van der Waals surface area contributed by atoms with E-state index in [-0.39, 0.29) is 0 Å². The quantitative estimate of drug-likeness (QED) is 0.499. The van der Waals surface area contributed by atoms with Crippen LogP contribution in [0.15, 0.2) is 0 Å². The Morgan fingerprint density at radius 2 is 0.958 bits per heavy atom. The maximum absolute atomic E-state index is 6.02. The van der Waals surface area contributed by atoms with Crippen LogP contribution in [0.4, 0.5) is 0 Å². The Morgan fingerprint density at radius 3 is 1.38 bits per heavy atom. The Kier molecular flexibility index (Phi) is 3.95. The molecule has 0 saturated carbocycles. The van der Waals surface area contributed by atoms with Gasteiger partial charge in [0.15, 0.2) is 0 Å². The average molecular weight is 451 g/mol. The van der Waals surface area contributed by atoms with E-state index < -0.39 is 53.6 Å². The molecule has 5 rings (SSSR count). The molecule has 18 heteroatoms. The summed E-state index contributed by atoms with van der Waals surface area (Å²) < 4.78 is 69.4. The molecule has 0 radical (unpaired) electrons. The lowest BCUT2D eigenvalue weighted by atomic mass is 11.8. The van der Waals surface area contributed by atoms with Crippen molar-refractivity contribution >= 4 is 53.6 Å². The molecule has 0 aromatic rings. The molecule has 138 valence electrons. The van der Waals surface area contributed by atoms with Crippen molar-refractivity contribution in [3.8, 4) is 0 Å². The van der Waals surface area contributed by atoms with E-state index in [0.717, 1.165) is 0 Å². The Hall–Kier alpha value is 0.821. The lowest BCUT2D eigenvalue weighted by molar-refractivity contribution is -0.108. The third kappa shape index (κ3) is 2.67. The van der Waals surface area contributed by atoms with Crippen LogP contribution in [0, 0.1) is 0 Å². The molecule has 0 aromatic carbocycles. The van der Waals surface area contributed by atoms with Gasteiger partial charge in [-0.25, -0.2) is 0 Å². The molecule has 5 aliphatic rings. The molecule has 0 aliphatic carbocycles. The average Bonchev–Trinajstić information content (AvgIpc) is 2.41. The summed E-state index contributed by atoms with van der Waals surface area (Å²) in [5.74, 6) is 0. The van der Waals surface area contributed by atoms with E-state index in [2.05, 4.69) is 0 Å². The molecule has 5 aliphatic heterocycles. The van der Waals surface area contributed by atoms with Crippen molar-refractivity contribution in [3.05, 3.63) is 0 Å². The Bertz CT molecular complexity index is 554. The lowest BCUT2D eigenvalue weighted by Crippen LogP contribution is -2.89. The van der Waals surface area contributed by atoms with Crippen LogP contribution in [-0.2, 0) is 50.3 Å². The van der Waals surface area contributed by atoms with Gasteiger partial charge in [0.2, 0.25) is 0 Å². The number of hydrogen-bond acceptors (Lipinski definition) is 12. The molecule has 4 atom stereocenters. The van der Waals surface area contributed by atoms with E-state index in [1.54, 1.807) is 19.6 Å². The van der Waals surface area contributed by atoms with Gasteiger partial charge in [0.1, 0.15) is 0 Å². The van der Waals surface area contributed by atoms with Crippen molar-refractivity contribution in [1.82, 2.24) is 0 Å². The zero-order valence-electron chi connectivity index (χ0n) is 13.9. The van der Waals surface area contributed by atoms with Gasteiger partial charge in [0.25, 0.3) is 0 Å². The summed E-state index contributed by atoms with van der Waals surface area (Å²) in [4.78, 5) is 0. The summed E-state index contributed by atoms with van der Waals surface area (Å²) in [6.45, 7) is 4.98. The largest absolute Gasteiger partial charge is 0.658 e. The van der Waals surface area contributed by atoms with Crippen molar-refractivity contribution < 1.29 is 50.3 Å². The van der Waals surface area contributed by atoms with Gasteiger partial charge in [-0.05, 0) is 0 Å². The molecule has 0 aromatic heterocycles. The van der Waals surface area contributed by atoms with E-state index in [4.69, 9.17) is 50.3 Å². The van der Waals surface area contributed by atoms with Crippen molar-refractivity contribution in [2.45, 2.75) is 19.6 Å². The summed E-state index contributed by atoms with van der Waals surface area (Å²) in [5.41, 5.74) is 0. The minimum Gasteiger partial charge on any atom is -0.378 e. The molecule has 4 unspecified atom stereocenters. The van der Waals surface area contributed by atoms with E-state index in [0.29, 0.717) is 0 Å². The third-order valence-corrected chi connectivity index (χ3v) is 27.2. The van der Waals surface area contributed by atoms with Crippen LogP contribution in [0.25, 0.3) is 0 Å². The molecule has 5 bridgehead atoms. The van der Waals surface area contributed by atoms with E-state index in [1.165, 1.54) is 21.3 Å².